The molecule has 37 heavy (non-hydrogen) atoms. The predicted molar refractivity (Wildman–Crippen MR) is 150 cm³/mol. The number of esters is 2. The molecule has 0 saturated heterocycles. The third-order valence-corrected chi connectivity index (χ3v) is 9.00. The summed E-state index contributed by atoms with van der Waals surface area (Å²) in [6.45, 7) is 11.1. The molecule has 1 N–H and O–H groups in total. The molecule has 2 aliphatic rings. The molecule has 0 amide bonds. The van der Waals surface area contributed by atoms with Gasteiger partial charge in [-0.05, 0) is 50.9 Å². The van der Waals surface area contributed by atoms with Crippen LogP contribution in [0.5, 0.6) is 0 Å². The van der Waals surface area contributed by atoms with Crippen molar-refractivity contribution < 1.29 is 24.2 Å². The Morgan fingerprint density at radius 1 is 0.838 bits per heavy atom. The van der Waals surface area contributed by atoms with Crippen LogP contribution in [0.15, 0.2) is 12.2 Å². The molecule has 0 heterocycles. The summed E-state index contributed by atoms with van der Waals surface area (Å²) < 4.78 is 11.0. The molecule has 0 aliphatic heterocycles. The van der Waals surface area contributed by atoms with Gasteiger partial charge >= 0.3 is 11.9 Å². The van der Waals surface area contributed by atoms with Crippen LogP contribution in [0, 0.1) is 35.0 Å². The molecule has 0 spiro atoms. The maximum Gasteiger partial charge on any atom is 0.333 e. The lowest BCUT2D eigenvalue weighted by molar-refractivity contribution is -0.158. The molecule has 1 atom stereocenters. The lowest BCUT2D eigenvalue weighted by atomic mass is 9.73. The Labute approximate surface area is 227 Å². The fourth-order valence-corrected chi connectivity index (χ4v) is 6.14. The van der Waals surface area contributed by atoms with Crippen molar-refractivity contribution in [2.45, 2.75) is 124 Å². The molecule has 0 aromatic carbocycles. The van der Waals surface area contributed by atoms with Gasteiger partial charge in [-0.2, -0.15) is 0 Å². The second-order valence-corrected chi connectivity index (χ2v) is 13.0. The maximum atomic E-state index is 12.4. The number of carbonyl (C=O) groups excluding carboxylic acids is 2. The summed E-state index contributed by atoms with van der Waals surface area (Å²) in [5.74, 6) is 2.53. The fourth-order valence-electron chi connectivity index (χ4n) is 6.14. The van der Waals surface area contributed by atoms with Gasteiger partial charge in [0.25, 0.3) is 0 Å². The van der Waals surface area contributed by atoms with Crippen molar-refractivity contribution in [3.8, 4) is 0 Å². The van der Waals surface area contributed by atoms with E-state index >= 15 is 0 Å². The van der Waals surface area contributed by atoms with Crippen molar-refractivity contribution in [3.05, 3.63) is 12.2 Å². The standard InChI is InChI=1S/C32H56O5/c1-6-7-8-9-25-10-12-26(13-11-25)14-15-27-16-18-28(19-17-27)20-29(21-36-30(34)24(2)3)22-37-31(35)32(4,5)23-33/h25-29,33H,2,6-23H2,1,3-5H3. The quantitative estimate of drug-likeness (QED) is 0.129. The largest absolute Gasteiger partial charge is 0.465 e. The molecule has 5 heteroatoms. The number of unbranched alkanes of at least 4 members (excludes halogenated alkanes) is 2. The minimum Gasteiger partial charge on any atom is -0.465 e. The number of aliphatic hydroxyl groups excluding tert-OH is 1. The minimum atomic E-state index is -0.925. The molecule has 2 rings (SSSR count). The van der Waals surface area contributed by atoms with Crippen LogP contribution in [0.25, 0.3) is 0 Å². The molecule has 1 unspecified atom stereocenters. The van der Waals surface area contributed by atoms with Gasteiger partial charge in [-0.3, -0.25) is 4.79 Å². The summed E-state index contributed by atoms with van der Waals surface area (Å²) >= 11 is 0. The van der Waals surface area contributed by atoms with Crippen LogP contribution in [-0.4, -0.2) is 36.9 Å². The third kappa shape index (κ3) is 11.9. The number of rotatable bonds is 16. The summed E-state index contributed by atoms with van der Waals surface area (Å²) in [6, 6.07) is 0. The van der Waals surface area contributed by atoms with E-state index in [2.05, 4.69) is 13.5 Å². The molecule has 214 valence electrons. The normalized spacial score (nSPS) is 25.3. The van der Waals surface area contributed by atoms with Gasteiger partial charge in [-0.15, -0.1) is 0 Å². The number of hydrogen-bond donors (Lipinski definition) is 1. The van der Waals surface area contributed by atoms with E-state index in [0.29, 0.717) is 11.5 Å². The second kappa shape index (κ2) is 16.6. The molecule has 2 fully saturated rings. The van der Waals surface area contributed by atoms with Crippen molar-refractivity contribution in [2.75, 3.05) is 19.8 Å². The van der Waals surface area contributed by atoms with E-state index < -0.39 is 17.4 Å². The first-order valence-corrected chi connectivity index (χ1v) is 15.2. The smallest absolute Gasteiger partial charge is 0.333 e. The van der Waals surface area contributed by atoms with Crippen LogP contribution in [-0.2, 0) is 19.1 Å². The Hall–Kier alpha value is -1.36. The van der Waals surface area contributed by atoms with Crippen molar-refractivity contribution in [3.63, 3.8) is 0 Å². The van der Waals surface area contributed by atoms with Crippen LogP contribution in [0.3, 0.4) is 0 Å². The van der Waals surface area contributed by atoms with Crippen LogP contribution < -0.4 is 0 Å². The molecule has 0 aromatic heterocycles. The highest BCUT2D eigenvalue weighted by atomic mass is 16.5. The van der Waals surface area contributed by atoms with Crippen LogP contribution >= 0.6 is 0 Å². The number of hydrogen-bond acceptors (Lipinski definition) is 5. The average Bonchev–Trinajstić information content (AvgIpc) is 2.90. The molecule has 0 radical (unpaired) electrons. The van der Waals surface area contributed by atoms with Crippen molar-refractivity contribution >= 4 is 11.9 Å². The van der Waals surface area contributed by atoms with E-state index in [9.17, 15) is 14.7 Å². The van der Waals surface area contributed by atoms with Crippen LogP contribution in [0.1, 0.15) is 124 Å². The van der Waals surface area contributed by atoms with Gasteiger partial charge in [-0.1, -0.05) is 103 Å². The highest BCUT2D eigenvalue weighted by Crippen LogP contribution is 2.39. The van der Waals surface area contributed by atoms with Gasteiger partial charge < -0.3 is 14.6 Å². The zero-order chi connectivity index (χ0) is 27.3. The monoisotopic (exact) mass is 520 g/mol. The van der Waals surface area contributed by atoms with E-state index in [4.69, 9.17) is 9.47 Å². The molecule has 5 nitrogen and oxygen atoms in total. The van der Waals surface area contributed by atoms with Crippen LogP contribution in [0.2, 0.25) is 0 Å². The summed E-state index contributed by atoms with van der Waals surface area (Å²) in [4.78, 5) is 24.3. The number of carbonyl (C=O) groups is 2. The first-order chi connectivity index (χ1) is 17.6. The molecular weight excluding hydrogens is 464 g/mol. The molecule has 0 aromatic rings. The molecular formula is C32H56O5. The Balaban J connectivity index is 1.72. The van der Waals surface area contributed by atoms with Gasteiger partial charge in [0, 0.05) is 11.5 Å². The lowest BCUT2D eigenvalue weighted by Gasteiger charge is -2.33. The average molecular weight is 521 g/mol. The first-order valence-electron chi connectivity index (χ1n) is 15.2. The van der Waals surface area contributed by atoms with Gasteiger partial charge in [0.2, 0.25) is 0 Å². The van der Waals surface area contributed by atoms with Crippen LogP contribution in [0.4, 0.5) is 0 Å². The van der Waals surface area contributed by atoms with E-state index in [1.54, 1.807) is 20.8 Å². The van der Waals surface area contributed by atoms with Gasteiger partial charge in [0.05, 0.1) is 25.2 Å². The highest BCUT2D eigenvalue weighted by Gasteiger charge is 2.31. The zero-order valence-electron chi connectivity index (χ0n) is 24.4. The highest BCUT2D eigenvalue weighted by molar-refractivity contribution is 5.86. The predicted octanol–water partition coefficient (Wildman–Crippen LogP) is 7.65. The minimum absolute atomic E-state index is 0.0317. The topological polar surface area (TPSA) is 72.8 Å². The third-order valence-electron chi connectivity index (χ3n) is 9.00. The second-order valence-electron chi connectivity index (χ2n) is 13.0. The van der Waals surface area contributed by atoms with E-state index in [-0.39, 0.29) is 25.7 Å². The SMILES string of the molecule is C=C(C)C(=O)OCC(COC(=O)C(C)(C)CO)CC1CCC(CCC2CCC(CCCCC)CC2)CC1. The lowest BCUT2D eigenvalue weighted by Crippen LogP contribution is -2.33. The van der Waals surface area contributed by atoms with Gasteiger partial charge in [0.15, 0.2) is 0 Å². The Morgan fingerprint density at radius 3 is 1.81 bits per heavy atom. The van der Waals surface area contributed by atoms with E-state index in [1.165, 1.54) is 89.9 Å². The Bertz CT molecular complexity index is 683. The van der Waals surface area contributed by atoms with Crippen molar-refractivity contribution in [2.24, 2.45) is 35.0 Å². The van der Waals surface area contributed by atoms with Crippen molar-refractivity contribution in [1.82, 2.24) is 0 Å². The Morgan fingerprint density at radius 2 is 1.32 bits per heavy atom. The molecule has 2 saturated carbocycles. The molecule has 0 bridgehead atoms. The van der Waals surface area contributed by atoms with Gasteiger partial charge in [-0.25, -0.2) is 4.79 Å². The number of aliphatic hydroxyl groups is 1. The van der Waals surface area contributed by atoms with E-state index in [0.717, 1.165) is 24.2 Å². The molecule has 2 aliphatic carbocycles. The summed E-state index contributed by atoms with van der Waals surface area (Å²) in [7, 11) is 0. The fraction of sp³-hybridized carbons (Fsp3) is 0.875. The Kier molecular flexibility index (Phi) is 14.3. The van der Waals surface area contributed by atoms with Gasteiger partial charge in [0.1, 0.15) is 0 Å². The zero-order valence-corrected chi connectivity index (χ0v) is 24.4. The van der Waals surface area contributed by atoms with E-state index in [1.807, 2.05) is 0 Å². The van der Waals surface area contributed by atoms with Crippen molar-refractivity contribution in [1.29, 1.82) is 0 Å². The summed E-state index contributed by atoms with van der Waals surface area (Å²) in [6.07, 6.45) is 20.1. The first kappa shape index (κ1) is 31.9. The summed E-state index contributed by atoms with van der Waals surface area (Å²) in [5, 5.41) is 9.45. The maximum absolute atomic E-state index is 12.4. The summed E-state index contributed by atoms with van der Waals surface area (Å²) in [5.41, 5.74) is -0.548. The number of ether oxygens (including phenoxy) is 2.